The van der Waals surface area contributed by atoms with E-state index < -0.39 is 10.0 Å². The number of nitrogens with one attached hydrogen (secondary N) is 1. The van der Waals surface area contributed by atoms with Gasteiger partial charge in [0, 0.05) is 18.4 Å². The van der Waals surface area contributed by atoms with Crippen molar-refractivity contribution in [1.82, 2.24) is 13.9 Å². The number of ether oxygens (including phenoxy) is 1. The lowest BCUT2D eigenvalue weighted by molar-refractivity contribution is -0.123. The zero-order valence-electron chi connectivity index (χ0n) is 18.0. The topological polar surface area (TPSA) is 131 Å². The quantitative estimate of drug-likeness (QED) is 0.551. The minimum atomic E-state index is -3.89. The second-order valence-corrected chi connectivity index (χ2v) is 9.72. The highest BCUT2D eigenvalue weighted by molar-refractivity contribution is 7.90. The SMILES string of the molecule is CN1CCC[C@@H]1Cc1cn(S(=O)(=O)c2ccc3c(c2)NC(=O)CO3)c2cccnc12.O=CO. The van der Waals surface area contributed by atoms with Crippen LogP contribution in [0.15, 0.2) is 47.6 Å². The first-order chi connectivity index (χ1) is 15.8. The summed E-state index contributed by atoms with van der Waals surface area (Å²) in [4.78, 5) is 26.9. The van der Waals surface area contributed by atoms with Gasteiger partial charge in [-0.05, 0) is 68.8 Å². The Morgan fingerprint density at radius 2 is 2.12 bits per heavy atom. The van der Waals surface area contributed by atoms with E-state index in [0.29, 0.717) is 28.5 Å². The number of hydrogen-bond acceptors (Lipinski definition) is 7. The third-order valence-corrected chi connectivity index (χ3v) is 7.54. The van der Waals surface area contributed by atoms with Crippen molar-refractivity contribution in [2.75, 3.05) is 25.5 Å². The standard InChI is InChI=1S/C21H22N4O4S.CH2O2/c1-24-9-3-4-15(24)10-14-12-25(18-5-2-8-22-21(14)18)30(27,28)16-6-7-19-17(11-16)23-20(26)13-29-19;2-1-3/h2,5-8,11-12,15H,3-4,9-10,13H2,1H3,(H,23,26);1H,(H,2,3)/t15-;/m1./s1. The summed E-state index contributed by atoms with van der Waals surface area (Å²) < 4.78 is 33.6. The molecule has 2 aliphatic heterocycles. The Morgan fingerprint density at radius 3 is 2.85 bits per heavy atom. The molecule has 33 heavy (non-hydrogen) atoms. The maximum absolute atomic E-state index is 13.5. The van der Waals surface area contributed by atoms with Gasteiger partial charge >= 0.3 is 0 Å². The first-order valence-electron chi connectivity index (χ1n) is 10.4. The van der Waals surface area contributed by atoms with Gasteiger partial charge in [0.05, 0.1) is 21.6 Å². The molecule has 1 atom stereocenters. The van der Waals surface area contributed by atoms with Gasteiger partial charge in [0.2, 0.25) is 0 Å². The van der Waals surface area contributed by atoms with Crippen LogP contribution < -0.4 is 10.1 Å². The monoisotopic (exact) mass is 472 g/mol. The van der Waals surface area contributed by atoms with E-state index in [0.717, 1.165) is 31.4 Å². The van der Waals surface area contributed by atoms with Crippen LogP contribution in [-0.2, 0) is 26.0 Å². The van der Waals surface area contributed by atoms with Crippen molar-refractivity contribution in [2.45, 2.75) is 30.2 Å². The Hall–Kier alpha value is -3.44. The fraction of sp³-hybridized carbons (Fsp3) is 0.318. The highest BCUT2D eigenvalue weighted by atomic mass is 32.2. The van der Waals surface area contributed by atoms with Crippen molar-refractivity contribution >= 4 is 39.1 Å². The van der Waals surface area contributed by atoms with Crippen LogP contribution in [0.3, 0.4) is 0 Å². The maximum Gasteiger partial charge on any atom is 0.290 e. The smallest absolute Gasteiger partial charge is 0.290 e. The molecule has 0 unspecified atom stereocenters. The van der Waals surface area contributed by atoms with E-state index >= 15 is 0 Å². The minimum Gasteiger partial charge on any atom is -0.483 e. The molecule has 1 saturated heterocycles. The molecule has 2 N–H and O–H groups in total. The number of carbonyl (C=O) groups excluding carboxylic acids is 1. The summed E-state index contributed by atoms with van der Waals surface area (Å²) in [5, 5.41) is 9.55. The lowest BCUT2D eigenvalue weighted by Crippen LogP contribution is -2.26. The molecular formula is C22H24N4O6S. The fourth-order valence-corrected chi connectivity index (χ4v) is 5.68. The molecule has 5 rings (SSSR count). The molecular weight excluding hydrogens is 448 g/mol. The number of nitrogens with zero attached hydrogens (tertiary/aromatic N) is 3. The van der Waals surface area contributed by atoms with Gasteiger partial charge in [-0.3, -0.25) is 14.6 Å². The Bertz CT molecular complexity index is 1300. The van der Waals surface area contributed by atoms with Crippen molar-refractivity contribution in [2.24, 2.45) is 0 Å². The largest absolute Gasteiger partial charge is 0.483 e. The van der Waals surface area contributed by atoms with Gasteiger partial charge in [0.15, 0.2) is 6.61 Å². The number of carbonyl (C=O) groups is 2. The van der Waals surface area contributed by atoms with Crippen molar-refractivity contribution in [3.8, 4) is 5.75 Å². The zero-order valence-corrected chi connectivity index (χ0v) is 18.8. The maximum atomic E-state index is 13.5. The Morgan fingerprint density at radius 1 is 1.33 bits per heavy atom. The molecule has 3 aromatic rings. The van der Waals surface area contributed by atoms with E-state index in [9.17, 15) is 13.2 Å². The van der Waals surface area contributed by atoms with Crippen molar-refractivity contribution in [3.05, 3.63) is 48.3 Å². The molecule has 11 heteroatoms. The molecule has 0 radical (unpaired) electrons. The number of rotatable bonds is 4. The summed E-state index contributed by atoms with van der Waals surface area (Å²) in [6.07, 6.45) is 6.36. The number of likely N-dealkylation sites (N-methyl/N-ethyl adjacent to an activating group) is 1. The molecule has 1 fully saturated rings. The second kappa shape index (κ2) is 9.20. The molecule has 2 aliphatic rings. The lowest BCUT2D eigenvalue weighted by Gasteiger charge is -2.19. The highest BCUT2D eigenvalue weighted by Crippen LogP contribution is 2.33. The molecule has 1 amide bonds. The van der Waals surface area contributed by atoms with Crippen LogP contribution >= 0.6 is 0 Å². The van der Waals surface area contributed by atoms with Crippen LogP contribution in [0.4, 0.5) is 5.69 Å². The van der Waals surface area contributed by atoms with Crippen LogP contribution in [0, 0.1) is 0 Å². The van der Waals surface area contributed by atoms with Crippen molar-refractivity contribution in [3.63, 3.8) is 0 Å². The fourth-order valence-electron chi connectivity index (χ4n) is 4.27. The third kappa shape index (κ3) is 4.41. The van der Waals surface area contributed by atoms with E-state index in [-0.39, 0.29) is 23.9 Å². The number of anilines is 1. The second-order valence-electron chi connectivity index (χ2n) is 7.91. The first kappa shape index (κ1) is 22.7. The zero-order chi connectivity index (χ0) is 23.6. The predicted octanol–water partition coefficient (Wildman–Crippen LogP) is 1.94. The van der Waals surface area contributed by atoms with E-state index in [1.807, 2.05) is 0 Å². The predicted molar refractivity (Wildman–Crippen MR) is 121 cm³/mol. The number of pyridine rings is 1. The van der Waals surface area contributed by atoms with E-state index in [1.165, 1.54) is 16.1 Å². The van der Waals surface area contributed by atoms with E-state index in [1.54, 1.807) is 30.6 Å². The molecule has 0 aliphatic carbocycles. The lowest BCUT2D eigenvalue weighted by atomic mass is 10.1. The minimum absolute atomic E-state index is 0.0774. The molecule has 0 bridgehead atoms. The van der Waals surface area contributed by atoms with E-state index in [4.69, 9.17) is 14.6 Å². The summed E-state index contributed by atoms with van der Waals surface area (Å²) in [5.74, 6) is 0.146. The van der Waals surface area contributed by atoms with E-state index in [2.05, 4.69) is 22.2 Å². The number of amides is 1. The van der Waals surface area contributed by atoms with Crippen molar-refractivity contribution in [1.29, 1.82) is 0 Å². The molecule has 4 heterocycles. The number of carboxylic acid groups (broad SMARTS) is 1. The highest BCUT2D eigenvalue weighted by Gasteiger charge is 2.27. The number of benzene rings is 1. The molecule has 0 saturated carbocycles. The summed E-state index contributed by atoms with van der Waals surface area (Å²) in [7, 11) is -1.78. The Balaban J connectivity index is 0.000000821. The first-order valence-corrected chi connectivity index (χ1v) is 11.8. The van der Waals surface area contributed by atoms with Gasteiger partial charge in [-0.15, -0.1) is 0 Å². The van der Waals surface area contributed by atoms with Crippen LogP contribution in [0.5, 0.6) is 5.75 Å². The molecule has 1 aromatic carbocycles. The molecule has 0 spiro atoms. The van der Waals surface area contributed by atoms with Gasteiger partial charge in [-0.25, -0.2) is 12.4 Å². The van der Waals surface area contributed by atoms with Gasteiger partial charge in [-0.2, -0.15) is 0 Å². The average Bonchev–Trinajstić information content (AvgIpc) is 3.38. The van der Waals surface area contributed by atoms with Crippen LogP contribution in [0.1, 0.15) is 18.4 Å². The Labute approximate surface area is 190 Å². The molecule has 174 valence electrons. The summed E-state index contributed by atoms with van der Waals surface area (Å²) in [6, 6.07) is 8.39. The van der Waals surface area contributed by atoms with Crippen LogP contribution in [-0.4, -0.2) is 66.0 Å². The summed E-state index contributed by atoms with van der Waals surface area (Å²) in [6.45, 7) is 0.726. The molecule has 2 aromatic heterocycles. The van der Waals surface area contributed by atoms with Gasteiger partial charge < -0.3 is 20.1 Å². The number of aromatic nitrogens is 2. The average molecular weight is 473 g/mol. The number of likely N-dealkylation sites (tertiary alicyclic amines) is 1. The summed E-state index contributed by atoms with van der Waals surface area (Å²) >= 11 is 0. The third-order valence-electron chi connectivity index (χ3n) is 5.87. The summed E-state index contributed by atoms with van der Waals surface area (Å²) in [5.41, 5.74) is 2.53. The van der Waals surface area contributed by atoms with Crippen molar-refractivity contribution < 1.29 is 27.9 Å². The number of fused-ring (bicyclic) bond motifs is 2. The van der Waals surface area contributed by atoms with Gasteiger partial charge in [0.25, 0.3) is 22.4 Å². The normalized spacial score (nSPS) is 18.1. The molecule has 10 nitrogen and oxygen atoms in total. The van der Waals surface area contributed by atoms with Gasteiger partial charge in [0.1, 0.15) is 5.75 Å². The number of hydrogen-bond donors (Lipinski definition) is 2. The van der Waals surface area contributed by atoms with Gasteiger partial charge in [-0.1, -0.05) is 0 Å². The van der Waals surface area contributed by atoms with Crippen LogP contribution in [0.2, 0.25) is 0 Å². The van der Waals surface area contributed by atoms with Crippen LogP contribution in [0.25, 0.3) is 11.0 Å². The Kier molecular flexibility index (Phi) is 6.34.